The lowest BCUT2D eigenvalue weighted by molar-refractivity contribution is 0.672. The van der Waals surface area contributed by atoms with Crippen LogP contribution in [0.4, 0.5) is 0 Å². The first-order valence-corrected chi connectivity index (χ1v) is 15.2. The van der Waals surface area contributed by atoms with Gasteiger partial charge in [0.05, 0.1) is 11.2 Å². The van der Waals surface area contributed by atoms with Crippen molar-refractivity contribution in [3.8, 4) is 44.9 Å². The first-order chi connectivity index (χ1) is 22.3. The molecule has 0 amide bonds. The third kappa shape index (κ3) is 4.37. The number of hydrogen-bond acceptors (Lipinski definition) is 3. The highest BCUT2D eigenvalue weighted by Gasteiger charge is 2.15. The van der Waals surface area contributed by atoms with Gasteiger partial charge in [0.25, 0.3) is 0 Å². The highest BCUT2D eigenvalue weighted by atomic mass is 16.3. The Bertz CT molecular complexity index is 2530. The van der Waals surface area contributed by atoms with E-state index in [0.29, 0.717) is 5.82 Å². The fourth-order valence-electron chi connectivity index (χ4n) is 6.41. The molecule has 0 unspecified atom stereocenters. The molecular weight excluding hydrogens is 548 g/mol. The molecule has 210 valence electrons. The van der Waals surface area contributed by atoms with E-state index in [2.05, 4.69) is 133 Å². The molecule has 0 saturated carbocycles. The van der Waals surface area contributed by atoms with E-state index in [9.17, 15) is 0 Å². The average Bonchev–Trinajstić information content (AvgIpc) is 3.51. The van der Waals surface area contributed by atoms with Gasteiger partial charge in [-0.25, -0.2) is 9.97 Å². The largest absolute Gasteiger partial charge is 0.455 e. The highest BCUT2D eigenvalue weighted by Crippen LogP contribution is 2.37. The highest BCUT2D eigenvalue weighted by molar-refractivity contribution is 6.15. The zero-order valence-corrected chi connectivity index (χ0v) is 24.3. The van der Waals surface area contributed by atoms with Crippen molar-refractivity contribution < 1.29 is 4.42 Å². The van der Waals surface area contributed by atoms with E-state index in [-0.39, 0.29) is 0 Å². The van der Waals surface area contributed by atoms with E-state index in [1.54, 1.807) is 0 Å². The fraction of sp³-hybridized carbons (Fsp3) is 0. The Hall–Kier alpha value is -6.06. The molecule has 0 saturated heterocycles. The predicted molar refractivity (Wildman–Crippen MR) is 186 cm³/mol. The topological polar surface area (TPSA) is 38.9 Å². The minimum absolute atomic E-state index is 0.702. The summed E-state index contributed by atoms with van der Waals surface area (Å²) in [5.41, 5.74) is 10.4. The third-order valence-corrected chi connectivity index (χ3v) is 8.68. The Kier molecular flexibility index (Phi) is 5.82. The van der Waals surface area contributed by atoms with Crippen LogP contribution in [0.3, 0.4) is 0 Å². The van der Waals surface area contributed by atoms with Crippen LogP contribution in [0.1, 0.15) is 0 Å². The van der Waals surface area contributed by atoms with Crippen molar-refractivity contribution in [1.82, 2.24) is 9.97 Å². The van der Waals surface area contributed by atoms with Crippen LogP contribution in [-0.2, 0) is 0 Å². The Morgan fingerprint density at radius 1 is 0.378 bits per heavy atom. The van der Waals surface area contributed by atoms with E-state index >= 15 is 0 Å². The molecular formula is C42H26N2O. The maximum absolute atomic E-state index is 6.29. The summed E-state index contributed by atoms with van der Waals surface area (Å²) in [5, 5.41) is 5.47. The lowest BCUT2D eigenvalue weighted by Crippen LogP contribution is -1.95. The summed E-state index contributed by atoms with van der Waals surface area (Å²) in [6, 6.07) is 55.1. The van der Waals surface area contributed by atoms with Crippen molar-refractivity contribution in [3.63, 3.8) is 0 Å². The molecule has 3 heteroatoms. The molecule has 9 rings (SSSR count). The predicted octanol–water partition coefficient (Wildman–Crippen LogP) is 11.4. The zero-order chi connectivity index (χ0) is 29.7. The van der Waals surface area contributed by atoms with Crippen molar-refractivity contribution in [3.05, 3.63) is 158 Å². The smallest absolute Gasteiger partial charge is 0.160 e. The minimum atomic E-state index is 0.702. The summed E-state index contributed by atoms with van der Waals surface area (Å²) < 4.78 is 6.29. The Labute approximate surface area is 260 Å². The van der Waals surface area contributed by atoms with Crippen molar-refractivity contribution in [2.75, 3.05) is 0 Å². The van der Waals surface area contributed by atoms with E-state index in [4.69, 9.17) is 14.4 Å². The van der Waals surface area contributed by atoms with E-state index in [0.717, 1.165) is 66.0 Å². The van der Waals surface area contributed by atoms with Crippen molar-refractivity contribution in [2.24, 2.45) is 0 Å². The van der Waals surface area contributed by atoms with Gasteiger partial charge in [-0.2, -0.15) is 0 Å². The second-order valence-corrected chi connectivity index (χ2v) is 11.4. The standard InChI is InChI=1S/C42H26N2O/c1-2-9-27(10-3-1)28-17-19-29(20-18-28)30-11-8-12-32(25-30)40-37-14-4-6-15-38(37)43-42(44-40)33-22-23-34-31(26-33)21-24-36-35-13-5-7-16-39(35)45-41(34)36/h1-26H. The first kappa shape index (κ1) is 25.4. The summed E-state index contributed by atoms with van der Waals surface area (Å²) in [7, 11) is 0. The summed E-state index contributed by atoms with van der Waals surface area (Å²) in [6.45, 7) is 0. The molecule has 2 aromatic heterocycles. The van der Waals surface area contributed by atoms with Crippen LogP contribution in [0.2, 0.25) is 0 Å². The van der Waals surface area contributed by atoms with Crippen molar-refractivity contribution in [1.29, 1.82) is 0 Å². The van der Waals surface area contributed by atoms with Gasteiger partial charge in [0.1, 0.15) is 11.2 Å². The molecule has 45 heavy (non-hydrogen) atoms. The number of aromatic nitrogens is 2. The fourth-order valence-corrected chi connectivity index (χ4v) is 6.41. The first-order valence-electron chi connectivity index (χ1n) is 15.2. The number of hydrogen-bond donors (Lipinski definition) is 0. The van der Waals surface area contributed by atoms with Gasteiger partial charge in [-0.05, 0) is 64.0 Å². The molecule has 9 aromatic rings. The molecule has 7 aromatic carbocycles. The second kappa shape index (κ2) is 10.3. The molecule has 0 fully saturated rings. The number of fused-ring (bicyclic) bond motifs is 6. The Balaban J connectivity index is 1.14. The molecule has 0 radical (unpaired) electrons. The SMILES string of the molecule is c1ccc(-c2ccc(-c3cccc(-c4nc(-c5ccc6c(ccc7c8ccccc8oc67)c5)nc5ccccc45)c3)cc2)cc1. The van der Waals surface area contributed by atoms with E-state index in [1.165, 1.54) is 16.7 Å². The molecule has 0 N–H and O–H groups in total. The minimum Gasteiger partial charge on any atom is -0.455 e. The van der Waals surface area contributed by atoms with Gasteiger partial charge >= 0.3 is 0 Å². The average molecular weight is 575 g/mol. The molecule has 0 spiro atoms. The van der Waals surface area contributed by atoms with Gasteiger partial charge < -0.3 is 4.42 Å². The molecule has 0 aliphatic carbocycles. The van der Waals surface area contributed by atoms with Crippen molar-refractivity contribution in [2.45, 2.75) is 0 Å². The number of rotatable bonds is 4. The van der Waals surface area contributed by atoms with Crippen LogP contribution in [0.25, 0.3) is 88.5 Å². The van der Waals surface area contributed by atoms with Gasteiger partial charge in [0.2, 0.25) is 0 Å². The summed E-state index contributed by atoms with van der Waals surface area (Å²) in [5.74, 6) is 0.702. The van der Waals surface area contributed by atoms with E-state index < -0.39 is 0 Å². The summed E-state index contributed by atoms with van der Waals surface area (Å²) in [4.78, 5) is 10.2. The molecule has 0 aliphatic heterocycles. The second-order valence-electron chi connectivity index (χ2n) is 11.4. The lowest BCUT2D eigenvalue weighted by Gasteiger charge is -2.12. The van der Waals surface area contributed by atoms with Crippen LogP contribution in [0.15, 0.2) is 162 Å². The van der Waals surface area contributed by atoms with Crippen LogP contribution in [-0.4, -0.2) is 9.97 Å². The molecule has 0 bridgehead atoms. The summed E-state index contributed by atoms with van der Waals surface area (Å²) in [6.07, 6.45) is 0. The zero-order valence-electron chi connectivity index (χ0n) is 24.3. The van der Waals surface area contributed by atoms with Crippen LogP contribution in [0, 0.1) is 0 Å². The van der Waals surface area contributed by atoms with Crippen molar-refractivity contribution >= 4 is 43.6 Å². The number of furan rings is 1. The van der Waals surface area contributed by atoms with Gasteiger partial charge in [-0.1, -0.05) is 121 Å². The quantitative estimate of drug-likeness (QED) is 0.210. The molecule has 3 nitrogen and oxygen atoms in total. The van der Waals surface area contributed by atoms with Crippen LogP contribution in [0.5, 0.6) is 0 Å². The Morgan fingerprint density at radius 3 is 1.89 bits per heavy atom. The van der Waals surface area contributed by atoms with Gasteiger partial charge in [0, 0.05) is 32.7 Å². The molecule has 0 aliphatic rings. The van der Waals surface area contributed by atoms with Gasteiger partial charge in [-0.15, -0.1) is 0 Å². The maximum Gasteiger partial charge on any atom is 0.160 e. The number of benzene rings is 7. The van der Waals surface area contributed by atoms with Crippen LogP contribution >= 0.6 is 0 Å². The number of nitrogens with zero attached hydrogens (tertiary/aromatic N) is 2. The normalized spacial score (nSPS) is 11.6. The van der Waals surface area contributed by atoms with E-state index in [1.807, 2.05) is 24.3 Å². The lowest BCUT2D eigenvalue weighted by atomic mass is 9.97. The van der Waals surface area contributed by atoms with Crippen LogP contribution < -0.4 is 0 Å². The van der Waals surface area contributed by atoms with Gasteiger partial charge in [-0.3, -0.25) is 0 Å². The maximum atomic E-state index is 6.29. The van der Waals surface area contributed by atoms with Gasteiger partial charge in [0.15, 0.2) is 5.82 Å². The number of para-hydroxylation sites is 2. The molecule has 0 atom stereocenters. The molecule has 2 heterocycles. The third-order valence-electron chi connectivity index (χ3n) is 8.68. The monoisotopic (exact) mass is 574 g/mol. The summed E-state index contributed by atoms with van der Waals surface area (Å²) >= 11 is 0. The Morgan fingerprint density at radius 2 is 1.02 bits per heavy atom.